The van der Waals surface area contributed by atoms with Gasteiger partial charge in [-0.25, -0.2) is 0 Å². The van der Waals surface area contributed by atoms with E-state index in [0.29, 0.717) is 0 Å². The minimum Gasteiger partial charge on any atom is -0.494 e. The molecule has 1 fully saturated rings. The Bertz CT molecular complexity index is 301. The lowest BCUT2D eigenvalue weighted by Crippen LogP contribution is -2.21. The summed E-state index contributed by atoms with van der Waals surface area (Å²) in [6.07, 6.45) is 5.11. The van der Waals surface area contributed by atoms with Crippen LogP contribution in [-0.4, -0.2) is 19.2 Å². The maximum atomic E-state index is 5.43. The highest BCUT2D eigenvalue weighted by molar-refractivity contribution is 5.27. The molecule has 1 saturated heterocycles. The molecule has 0 radical (unpaired) electrons. The summed E-state index contributed by atoms with van der Waals surface area (Å²) < 4.78 is 5.43. The predicted octanol–water partition coefficient (Wildman–Crippen LogP) is 2.77. The summed E-state index contributed by atoms with van der Waals surface area (Å²) in [4.78, 5) is 0. The first-order valence-electron chi connectivity index (χ1n) is 6.33. The van der Waals surface area contributed by atoms with Gasteiger partial charge in [0.2, 0.25) is 0 Å². The summed E-state index contributed by atoms with van der Waals surface area (Å²) in [6.45, 7) is 3.96. The second-order valence-corrected chi connectivity index (χ2v) is 4.41. The molecule has 0 spiro atoms. The van der Waals surface area contributed by atoms with Crippen molar-refractivity contribution in [3.63, 3.8) is 0 Å². The smallest absolute Gasteiger partial charge is 0.119 e. The Labute approximate surface area is 98.0 Å². The van der Waals surface area contributed by atoms with Crippen molar-refractivity contribution in [3.05, 3.63) is 29.8 Å². The lowest BCUT2D eigenvalue weighted by Gasteiger charge is -2.10. The van der Waals surface area contributed by atoms with Crippen molar-refractivity contribution in [2.45, 2.75) is 38.6 Å². The average Bonchev–Trinajstić information content (AvgIpc) is 2.82. The van der Waals surface area contributed by atoms with Gasteiger partial charge in [-0.15, -0.1) is 0 Å². The minimum atomic E-state index is 0.741. The highest BCUT2D eigenvalue weighted by Crippen LogP contribution is 2.16. The van der Waals surface area contributed by atoms with Crippen LogP contribution in [0.2, 0.25) is 0 Å². The number of ether oxygens (including phenoxy) is 1. The molecule has 16 heavy (non-hydrogen) atoms. The molecule has 2 rings (SSSR count). The lowest BCUT2D eigenvalue weighted by atomic mass is 10.0. The summed E-state index contributed by atoms with van der Waals surface area (Å²) in [5.41, 5.74) is 1.41. The first kappa shape index (κ1) is 11.5. The highest BCUT2D eigenvalue weighted by atomic mass is 16.5. The van der Waals surface area contributed by atoms with Crippen molar-refractivity contribution in [2.24, 2.45) is 0 Å². The molecule has 0 bridgehead atoms. The Kier molecular flexibility index (Phi) is 4.23. The van der Waals surface area contributed by atoms with Gasteiger partial charge in [0.1, 0.15) is 5.75 Å². The van der Waals surface area contributed by atoms with Crippen LogP contribution in [0.3, 0.4) is 0 Å². The van der Waals surface area contributed by atoms with Gasteiger partial charge in [0.25, 0.3) is 0 Å². The van der Waals surface area contributed by atoms with E-state index in [1.54, 1.807) is 0 Å². The molecule has 1 aliphatic heterocycles. The maximum absolute atomic E-state index is 5.43. The van der Waals surface area contributed by atoms with Crippen molar-refractivity contribution in [2.75, 3.05) is 13.2 Å². The van der Waals surface area contributed by atoms with Crippen LogP contribution in [0.5, 0.6) is 5.75 Å². The van der Waals surface area contributed by atoms with Gasteiger partial charge < -0.3 is 10.1 Å². The van der Waals surface area contributed by atoms with E-state index in [4.69, 9.17) is 4.74 Å². The van der Waals surface area contributed by atoms with Gasteiger partial charge in [-0.3, -0.25) is 0 Å². The van der Waals surface area contributed by atoms with Crippen LogP contribution in [0.15, 0.2) is 24.3 Å². The van der Waals surface area contributed by atoms with E-state index in [2.05, 4.69) is 29.6 Å². The molecule has 1 heterocycles. The predicted molar refractivity (Wildman–Crippen MR) is 67.0 cm³/mol. The molecule has 0 saturated carbocycles. The van der Waals surface area contributed by atoms with E-state index < -0.39 is 0 Å². The number of hydrogen-bond donors (Lipinski definition) is 1. The number of nitrogens with one attached hydrogen (secondary N) is 1. The van der Waals surface area contributed by atoms with Crippen LogP contribution in [0.25, 0.3) is 0 Å². The Morgan fingerprint density at radius 2 is 2.12 bits per heavy atom. The van der Waals surface area contributed by atoms with Crippen molar-refractivity contribution < 1.29 is 4.74 Å². The number of benzene rings is 1. The largest absolute Gasteiger partial charge is 0.494 e. The average molecular weight is 219 g/mol. The maximum Gasteiger partial charge on any atom is 0.119 e. The van der Waals surface area contributed by atoms with Crippen molar-refractivity contribution in [1.82, 2.24) is 5.32 Å². The first-order chi connectivity index (χ1) is 7.88. The molecule has 1 unspecified atom stereocenters. The topological polar surface area (TPSA) is 21.3 Å². The molecular formula is C14H21NO. The highest BCUT2D eigenvalue weighted by Gasteiger charge is 2.13. The quantitative estimate of drug-likeness (QED) is 0.822. The van der Waals surface area contributed by atoms with Gasteiger partial charge in [0.05, 0.1) is 6.61 Å². The van der Waals surface area contributed by atoms with Crippen LogP contribution in [0.4, 0.5) is 0 Å². The Hall–Kier alpha value is -1.02. The molecule has 2 heteroatoms. The zero-order valence-corrected chi connectivity index (χ0v) is 10.0. The Morgan fingerprint density at radius 3 is 2.75 bits per heavy atom. The van der Waals surface area contributed by atoms with Crippen LogP contribution in [0, 0.1) is 0 Å². The fourth-order valence-electron chi connectivity index (χ4n) is 2.26. The summed E-state index contributed by atoms with van der Waals surface area (Å²) in [7, 11) is 0. The fourth-order valence-corrected chi connectivity index (χ4v) is 2.26. The zero-order valence-electron chi connectivity index (χ0n) is 10.0. The fraction of sp³-hybridized carbons (Fsp3) is 0.571. The molecule has 0 aromatic heterocycles. The van der Waals surface area contributed by atoms with E-state index in [1.807, 2.05) is 6.92 Å². The van der Waals surface area contributed by atoms with E-state index in [9.17, 15) is 0 Å². The monoisotopic (exact) mass is 219 g/mol. The van der Waals surface area contributed by atoms with E-state index >= 15 is 0 Å². The molecule has 1 N–H and O–H groups in total. The Morgan fingerprint density at radius 1 is 1.31 bits per heavy atom. The number of rotatable bonds is 5. The molecule has 88 valence electrons. The standard InChI is InChI=1S/C14H21NO/c1-2-16-14-9-6-12(7-10-14)5-8-13-4-3-11-15-13/h6-7,9-10,13,15H,2-5,8,11H2,1H3. The van der Waals surface area contributed by atoms with Gasteiger partial charge >= 0.3 is 0 Å². The van der Waals surface area contributed by atoms with E-state index in [1.165, 1.54) is 37.8 Å². The molecule has 1 aliphatic rings. The van der Waals surface area contributed by atoms with Crippen LogP contribution >= 0.6 is 0 Å². The molecule has 0 aliphatic carbocycles. The molecule has 1 aromatic rings. The normalized spacial score (nSPS) is 19.9. The van der Waals surface area contributed by atoms with Gasteiger partial charge in [-0.2, -0.15) is 0 Å². The zero-order chi connectivity index (χ0) is 11.2. The van der Waals surface area contributed by atoms with Crippen LogP contribution < -0.4 is 10.1 Å². The van der Waals surface area contributed by atoms with Gasteiger partial charge in [-0.1, -0.05) is 12.1 Å². The van der Waals surface area contributed by atoms with E-state index in [0.717, 1.165) is 18.4 Å². The SMILES string of the molecule is CCOc1ccc(CCC2CCCN2)cc1. The molecule has 0 amide bonds. The first-order valence-corrected chi connectivity index (χ1v) is 6.33. The lowest BCUT2D eigenvalue weighted by molar-refractivity contribution is 0.340. The van der Waals surface area contributed by atoms with Crippen LogP contribution in [-0.2, 0) is 6.42 Å². The Balaban J connectivity index is 1.80. The minimum absolute atomic E-state index is 0.741. The summed E-state index contributed by atoms with van der Waals surface area (Å²) in [6, 6.07) is 9.24. The molecule has 2 nitrogen and oxygen atoms in total. The third-order valence-corrected chi connectivity index (χ3v) is 3.18. The summed E-state index contributed by atoms with van der Waals surface area (Å²) >= 11 is 0. The third kappa shape index (κ3) is 3.24. The summed E-state index contributed by atoms with van der Waals surface area (Å²) in [5, 5.41) is 3.53. The number of hydrogen-bond acceptors (Lipinski definition) is 2. The van der Waals surface area contributed by atoms with Gasteiger partial charge in [-0.05, 0) is 56.8 Å². The van der Waals surface area contributed by atoms with Gasteiger partial charge in [0, 0.05) is 6.04 Å². The molecule has 1 atom stereocenters. The second-order valence-electron chi connectivity index (χ2n) is 4.41. The molecular weight excluding hydrogens is 198 g/mol. The number of aryl methyl sites for hydroxylation is 1. The van der Waals surface area contributed by atoms with Gasteiger partial charge in [0.15, 0.2) is 0 Å². The van der Waals surface area contributed by atoms with Crippen molar-refractivity contribution >= 4 is 0 Å². The second kappa shape index (κ2) is 5.90. The van der Waals surface area contributed by atoms with E-state index in [-0.39, 0.29) is 0 Å². The van der Waals surface area contributed by atoms with Crippen molar-refractivity contribution in [1.29, 1.82) is 0 Å². The summed E-state index contributed by atoms with van der Waals surface area (Å²) in [5.74, 6) is 0.977. The third-order valence-electron chi connectivity index (χ3n) is 3.18. The molecule has 1 aromatic carbocycles. The van der Waals surface area contributed by atoms with Crippen LogP contribution in [0.1, 0.15) is 31.7 Å². The van der Waals surface area contributed by atoms with Crippen molar-refractivity contribution in [3.8, 4) is 5.75 Å².